The van der Waals surface area contributed by atoms with Crippen LogP contribution in [0.15, 0.2) is 90.4 Å². The van der Waals surface area contributed by atoms with E-state index in [1.165, 1.54) is 0 Å². The molecule has 198 valence electrons. The Morgan fingerprint density at radius 3 is 2.55 bits per heavy atom. The second kappa shape index (κ2) is 12.9. The Morgan fingerprint density at radius 1 is 1.11 bits per heavy atom. The lowest BCUT2D eigenvalue weighted by atomic mass is 9.84. The second-order valence-electron chi connectivity index (χ2n) is 8.75. The average Bonchev–Trinajstić information content (AvgIpc) is 3.32. The van der Waals surface area contributed by atoms with E-state index in [0.29, 0.717) is 46.8 Å². The Bertz CT molecular complexity index is 1280. The van der Waals surface area contributed by atoms with Crippen LogP contribution in [-0.2, 0) is 16.1 Å². The van der Waals surface area contributed by atoms with E-state index in [9.17, 15) is 4.79 Å². The van der Waals surface area contributed by atoms with Gasteiger partial charge in [0.1, 0.15) is 5.75 Å². The second-order valence-corrected chi connectivity index (χ2v) is 9.56. The number of amides is 1. The van der Waals surface area contributed by atoms with Crippen molar-refractivity contribution in [1.29, 1.82) is 0 Å². The molecule has 0 saturated carbocycles. The van der Waals surface area contributed by atoms with Crippen LogP contribution in [0, 0.1) is 0 Å². The minimum atomic E-state index is -1.29. The number of carbonyl (C=O) groups is 1. The van der Waals surface area contributed by atoms with Gasteiger partial charge in [0.15, 0.2) is 11.6 Å². The molecule has 1 aliphatic rings. The molecular weight excluding hydrogens is 525 g/mol. The van der Waals surface area contributed by atoms with E-state index in [1.807, 2.05) is 60.7 Å². The highest BCUT2D eigenvalue weighted by Gasteiger charge is 2.52. The molecule has 2 atom stereocenters. The lowest BCUT2D eigenvalue weighted by Gasteiger charge is -2.29. The van der Waals surface area contributed by atoms with Crippen molar-refractivity contribution in [1.82, 2.24) is 10.9 Å². The molecule has 38 heavy (non-hydrogen) atoms. The first-order chi connectivity index (χ1) is 18.5. The van der Waals surface area contributed by atoms with Crippen molar-refractivity contribution in [3.05, 3.63) is 112 Å². The fraction of sp³-hybridized carbons (Fsp3) is 0.241. The Morgan fingerprint density at radius 2 is 1.87 bits per heavy atom. The Labute approximate surface area is 232 Å². The van der Waals surface area contributed by atoms with Gasteiger partial charge < -0.3 is 14.6 Å². The van der Waals surface area contributed by atoms with E-state index in [1.54, 1.807) is 18.2 Å². The molecule has 1 amide bonds. The molecule has 0 saturated heterocycles. The summed E-state index contributed by atoms with van der Waals surface area (Å²) in [5, 5.41) is 9.86. The molecular formula is C29H29Cl2N3O4. The molecule has 7 nitrogen and oxygen atoms in total. The standard InChI is InChI=1S/C29H29Cl2N3O4/c1-2-15-29(28(36)34-32-19-20-9-14-24(30)25(31)18-20)26(21-7-4-3-5-8-21)38-27(33-29)22-10-12-23(13-11-22)37-17-6-16-35/h2-5,7-14,18,26,32,35H,1,6,15-17,19H2,(H,34,36)/t26-,29-/m0/s1. The number of rotatable bonds is 12. The van der Waals surface area contributed by atoms with Crippen LogP contribution in [0.2, 0.25) is 10.0 Å². The predicted molar refractivity (Wildman–Crippen MR) is 149 cm³/mol. The van der Waals surface area contributed by atoms with Crippen LogP contribution in [0.1, 0.15) is 35.6 Å². The van der Waals surface area contributed by atoms with E-state index in [0.717, 1.165) is 11.1 Å². The summed E-state index contributed by atoms with van der Waals surface area (Å²) in [6.07, 6.45) is 1.79. The summed E-state index contributed by atoms with van der Waals surface area (Å²) >= 11 is 12.1. The van der Waals surface area contributed by atoms with Crippen molar-refractivity contribution >= 4 is 35.0 Å². The number of halogens is 2. The third kappa shape index (κ3) is 6.37. The average molecular weight is 554 g/mol. The van der Waals surface area contributed by atoms with Crippen molar-refractivity contribution in [2.45, 2.75) is 31.0 Å². The van der Waals surface area contributed by atoms with E-state index in [4.69, 9.17) is 42.8 Å². The number of aliphatic hydroxyl groups is 1. The summed E-state index contributed by atoms with van der Waals surface area (Å²) in [7, 11) is 0. The molecule has 0 spiro atoms. The quantitative estimate of drug-likeness (QED) is 0.158. The molecule has 4 rings (SSSR count). The summed E-state index contributed by atoms with van der Waals surface area (Å²) in [5.74, 6) is 0.662. The Hall–Kier alpha value is -3.36. The summed E-state index contributed by atoms with van der Waals surface area (Å²) in [4.78, 5) is 18.6. The van der Waals surface area contributed by atoms with Gasteiger partial charge in [-0.05, 0) is 47.5 Å². The summed E-state index contributed by atoms with van der Waals surface area (Å²) in [6.45, 7) is 4.70. The van der Waals surface area contributed by atoms with Crippen molar-refractivity contribution in [2.75, 3.05) is 13.2 Å². The number of hydrogen-bond acceptors (Lipinski definition) is 6. The molecule has 0 fully saturated rings. The zero-order valence-electron chi connectivity index (χ0n) is 20.7. The Kier molecular flexibility index (Phi) is 9.42. The smallest absolute Gasteiger partial charge is 0.266 e. The molecule has 3 N–H and O–H groups in total. The largest absolute Gasteiger partial charge is 0.494 e. The van der Waals surface area contributed by atoms with Gasteiger partial charge in [-0.2, -0.15) is 0 Å². The third-order valence-corrected chi connectivity index (χ3v) is 6.81. The minimum absolute atomic E-state index is 0.0688. The van der Waals surface area contributed by atoms with Crippen LogP contribution in [0.5, 0.6) is 5.75 Å². The number of nitrogens with one attached hydrogen (secondary N) is 2. The highest BCUT2D eigenvalue weighted by Crippen LogP contribution is 2.42. The summed E-state index contributed by atoms with van der Waals surface area (Å²) < 4.78 is 12.0. The zero-order valence-corrected chi connectivity index (χ0v) is 22.2. The highest BCUT2D eigenvalue weighted by molar-refractivity contribution is 6.42. The molecule has 0 aliphatic carbocycles. The Balaban J connectivity index is 1.59. The topological polar surface area (TPSA) is 92.2 Å². The molecule has 3 aromatic rings. The molecule has 0 bridgehead atoms. The molecule has 9 heteroatoms. The number of hydrazine groups is 1. The fourth-order valence-electron chi connectivity index (χ4n) is 4.15. The van der Waals surface area contributed by atoms with Gasteiger partial charge in [0, 0.05) is 31.6 Å². The highest BCUT2D eigenvalue weighted by atomic mass is 35.5. The normalized spacial score (nSPS) is 18.4. The van der Waals surface area contributed by atoms with Gasteiger partial charge >= 0.3 is 0 Å². The summed E-state index contributed by atoms with van der Waals surface area (Å²) in [5.41, 5.74) is 6.86. The molecule has 1 aliphatic heterocycles. The molecule has 0 unspecified atom stereocenters. The first-order valence-corrected chi connectivity index (χ1v) is 13.0. The first kappa shape index (κ1) is 27.7. The maximum atomic E-state index is 13.7. The summed E-state index contributed by atoms with van der Waals surface area (Å²) in [6, 6.07) is 22.1. The zero-order chi connectivity index (χ0) is 27.0. The van der Waals surface area contributed by atoms with Gasteiger partial charge in [-0.1, -0.05) is 65.7 Å². The number of aliphatic imine (C=N–C) groups is 1. The number of hydrogen-bond donors (Lipinski definition) is 3. The molecule has 0 radical (unpaired) electrons. The van der Waals surface area contributed by atoms with Crippen LogP contribution in [0.4, 0.5) is 0 Å². The van der Waals surface area contributed by atoms with E-state index >= 15 is 0 Å². The van der Waals surface area contributed by atoms with Crippen LogP contribution < -0.4 is 15.6 Å². The van der Waals surface area contributed by atoms with Crippen LogP contribution in [-0.4, -0.2) is 35.7 Å². The number of ether oxygens (including phenoxy) is 2. The van der Waals surface area contributed by atoms with Gasteiger partial charge in [0.2, 0.25) is 5.90 Å². The fourth-order valence-corrected chi connectivity index (χ4v) is 4.47. The first-order valence-electron chi connectivity index (χ1n) is 12.2. The van der Waals surface area contributed by atoms with Crippen LogP contribution in [0.3, 0.4) is 0 Å². The van der Waals surface area contributed by atoms with Crippen molar-refractivity contribution < 1.29 is 19.4 Å². The van der Waals surface area contributed by atoms with Gasteiger partial charge in [-0.15, -0.1) is 6.58 Å². The van der Waals surface area contributed by atoms with Crippen LogP contribution in [0.25, 0.3) is 0 Å². The van der Waals surface area contributed by atoms with Crippen molar-refractivity contribution in [3.8, 4) is 5.75 Å². The van der Waals surface area contributed by atoms with Gasteiger partial charge in [0.25, 0.3) is 5.91 Å². The van der Waals surface area contributed by atoms with Gasteiger partial charge in [-0.25, -0.2) is 10.4 Å². The lowest BCUT2D eigenvalue weighted by Crippen LogP contribution is -2.52. The maximum Gasteiger partial charge on any atom is 0.266 e. The number of aliphatic hydroxyl groups excluding tert-OH is 1. The van der Waals surface area contributed by atoms with Crippen molar-refractivity contribution in [2.24, 2.45) is 4.99 Å². The van der Waals surface area contributed by atoms with Gasteiger partial charge in [-0.3, -0.25) is 10.2 Å². The van der Waals surface area contributed by atoms with Crippen LogP contribution >= 0.6 is 23.2 Å². The SMILES string of the molecule is C=CC[C@]1(C(=O)NNCc2ccc(Cl)c(Cl)c2)N=C(c2ccc(OCCCO)cc2)O[C@H]1c1ccccc1. The third-order valence-electron chi connectivity index (χ3n) is 6.07. The van der Waals surface area contributed by atoms with E-state index in [-0.39, 0.29) is 18.9 Å². The maximum absolute atomic E-state index is 13.7. The monoisotopic (exact) mass is 553 g/mol. The van der Waals surface area contributed by atoms with Gasteiger partial charge in [0.05, 0.1) is 16.7 Å². The number of benzene rings is 3. The van der Waals surface area contributed by atoms with Crippen molar-refractivity contribution in [3.63, 3.8) is 0 Å². The number of nitrogens with zero attached hydrogens (tertiary/aromatic N) is 1. The predicted octanol–water partition coefficient (Wildman–Crippen LogP) is 5.41. The lowest BCUT2D eigenvalue weighted by molar-refractivity contribution is -0.129. The number of carbonyl (C=O) groups excluding carboxylic acids is 1. The minimum Gasteiger partial charge on any atom is -0.494 e. The van der Waals surface area contributed by atoms with E-state index in [2.05, 4.69) is 17.4 Å². The molecule has 1 heterocycles. The molecule has 3 aromatic carbocycles. The van der Waals surface area contributed by atoms with E-state index < -0.39 is 11.6 Å². The molecule has 0 aromatic heterocycles.